The fourth-order valence-corrected chi connectivity index (χ4v) is 1.68. The van der Waals surface area contributed by atoms with Crippen LogP contribution in [0.5, 0.6) is 5.75 Å². The number of anilines is 1. The third-order valence-electron chi connectivity index (χ3n) is 2.62. The van der Waals surface area contributed by atoms with Gasteiger partial charge in [0, 0.05) is 6.20 Å². The summed E-state index contributed by atoms with van der Waals surface area (Å²) in [7, 11) is 1.34. The Labute approximate surface area is 117 Å². The molecule has 5 nitrogen and oxygen atoms in total. The molecule has 0 bridgehead atoms. The van der Waals surface area contributed by atoms with Gasteiger partial charge in [0.1, 0.15) is 23.7 Å². The number of carbonyl (C=O) groups is 1. The van der Waals surface area contributed by atoms with Crippen LogP contribution < -0.4 is 10.1 Å². The van der Waals surface area contributed by atoms with E-state index in [2.05, 4.69) is 10.3 Å². The van der Waals surface area contributed by atoms with Crippen LogP contribution in [0.2, 0.25) is 0 Å². The van der Waals surface area contributed by atoms with E-state index in [1.807, 2.05) is 30.3 Å². The molecule has 0 amide bonds. The van der Waals surface area contributed by atoms with Crippen molar-refractivity contribution in [1.29, 1.82) is 0 Å². The fourth-order valence-electron chi connectivity index (χ4n) is 1.68. The Kier molecular flexibility index (Phi) is 4.94. The van der Waals surface area contributed by atoms with Crippen LogP contribution in [0.3, 0.4) is 0 Å². The highest BCUT2D eigenvalue weighted by Crippen LogP contribution is 2.12. The maximum atomic E-state index is 11.6. The van der Waals surface area contributed by atoms with E-state index < -0.39 is 5.97 Å². The van der Waals surface area contributed by atoms with Crippen molar-refractivity contribution in [2.45, 2.75) is 0 Å². The first kappa shape index (κ1) is 13.9. The van der Waals surface area contributed by atoms with E-state index in [9.17, 15) is 4.79 Å². The van der Waals surface area contributed by atoms with Gasteiger partial charge in [-0.05, 0) is 24.3 Å². The number of ether oxygens (including phenoxy) is 2. The Morgan fingerprint density at radius 1 is 1.20 bits per heavy atom. The van der Waals surface area contributed by atoms with E-state index in [1.54, 1.807) is 18.3 Å². The summed E-state index contributed by atoms with van der Waals surface area (Å²) in [5, 5.41) is 3.06. The van der Waals surface area contributed by atoms with Crippen molar-refractivity contribution in [3.05, 3.63) is 54.2 Å². The molecule has 104 valence electrons. The quantitative estimate of drug-likeness (QED) is 0.646. The van der Waals surface area contributed by atoms with Crippen molar-refractivity contribution in [3.8, 4) is 5.75 Å². The zero-order chi connectivity index (χ0) is 14.2. The summed E-state index contributed by atoms with van der Waals surface area (Å²) in [6, 6.07) is 12.9. The highest BCUT2D eigenvalue weighted by molar-refractivity contribution is 5.94. The van der Waals surface area contributed by atoms with Gasteiger partial charge in [0.25, 0.3) is 0 Å². The second kappa shape index (κ2) is 7.13. The number of para-hydroxylation sites is 1. The van der Waals surface area contributed by atoms with Gasteiger partial charge in [0.15, 0.2) is 0 Å². The summed E-state index contributed by atoms with van der Waals surface area (Å²) in [6.45, 7) is 1.01. The molecule has 0 saturated heterocycles. The Morgan fingerprint density at radius 2 is 2.00 bits per heavy atom. The molecule has 0 fully saturated rings. The lowest BCUT2D eigenvalue weighted by Crippen LogP contribution is -2.15. The molecule has 1 N–H and O–H groups in total. The number of aromatic nitrogens is 1. The molecule has 5 heteroatoms. The lowest BCUT2D eigenvalue weighted by atomic mass is 10.2. The SMILES string of the molecule is COC(=O)c1cccnc1NCCOc1ccccc1. The molecule has 2 aromatic rings. The zero-order valence-electron chi connectivity index (χ0n) is 11.2. The third-order valence-corrected chi connectivity index (χ3v) is 2.62. The summed E-state index contributed by atoms with van der Waals surface area (Å²) < 4.78 is 10.3. The lowest BCUT2D eigenvalue weighted by Gasteiger charge is -2.10. The molecule has 1 aromatic heterocycles. The molecule has 1 heterocycles. The van der Waals surface area contributed by atoms with Crippen LogP contribution in [-0.2, 0) is 4.74 Å². The van der Waals surface area contributed by atoms with Gasteiger partial charge in [-0.2, -0.15) is 0 Å². The van der Waals surface area contributed by atoms with Crippen molar-refractivity contribution in [2.24, 2.45) is 0 Å². The molecule has 20 heavy (non-hydrogen) atoms. The van der Waals surface area contributed by atoms with Crippen LogP contribution in [0.25, 0.3) is 0 Å². The van der Waals surface area contributed by atoms with E-state index in [0.717, 1.165) is 5.75 Å². The van der Waals surface area contributed by atoms with E-state index in [1.165, 1.54) is 7.11 Å². The Hall–Kier alpha value is -2.56. The minimum absolute atomic E-state index is 0.412. The molecule has 0 aliphatic heterocycles. The third kappa shape index (κ3) is 3.71. The van der Waals surface area contributed by atoms with Gasteiger partial charge in [0.05, 0.1) is 13.7 Å². The summed E-state index contributed by atoms with van der Waals surface area (Å²) in [5.41, 5.74) is 0.412. The predicted molar refractivity (Wildman–Crippen MR) is 76.0 cm³/mol. The average molecular weight is 272 g/mol. The largest absolute Gasteiger partial charge is 0.492 e. The minimum atomic E-state index is -0.412. The van der Waals surface area contributed by atoms with Crippen molar-refractivity contribution in [1.82, 2.24) is 4.98 Å². The smallest absolute Gasteiger partial charge is 0.341 e. The monoisotopic (exact) mass is 272 g/mol. The van der Waals surface area contributed by atoms with Crippen molar-refractivity contribution in [3.63, 3.8) is 0 Å². The standard InChI is InChI=1S/C15H16N2O3/c1-19-15(18)13-8-5-9-16-14(13)17-10-11-20-12-6-3-2-4-7-12/h2-9H,10-11H2,1H3,(H,16,17). The topological polar surface area (TPSA) is 60.5 Å². The number of nitrogens with one attached hydrogen (secondary N) is 1. The molecular formula is C15H16N2O3. The first-order valence-corrected chi connectivity index (χ1v) is 6.26. The van der Waals surface area contributed by atoms with Crippen LogP contribution in [0.4, 0.5) is 5.82 Å². The van der Waals surface area contributed by atoms with Gasteiger partial charge >= 0.3 is 5.97 Å². The Morgan fingerprint density at radius 3 is 2.75 bits per heavy atom. The minimum Gasteiger partial charge on any atom is -0.492 e. The molecular weight excluding hydrogens is 256 g/mol. The van der Waals surface area contributed by atoms with Gasteiger partial charge < -0.3 is 14.8 Å². The van der Waals surface area contributed by atoms with E-state index in [4.69, 9.17) is 9.47 Å². The zero-order valence-corrected chi connectivity index (χ0v) is 11.2. The predicted octanol–water partition coefficient (Wildman–Crippen LogP) is 2.36. The summed E-state index contributed by atoms with van der Waals surface area (Å²) >= 11 is 0. The molecule has 0 unspecified atom stereocenters. The normalized spacial score (nSPS) is 9.85. The van der Waals surface area contributed by atoms with Gasteiger partial charge in [-0.15, -0.1) is 0 Å². The summed E-state index contributed by atoms with van der Waals surface area (Å²) in [4.78, 5) is 15.7. The first-order valence-electron chi connectivity index (χ1n) is 6.26. The number of nitrogens with zero attached hydrogens (tertiary/aromatic N) is 1. The van der Waals surface area contributed by atoms with Gasteiger partial charge in [-0.3, -0.25) is 0 Å². The Bertz CT molecular complexity index is 558. The van der Waals surface area contributed by atoms with Crippen molar-refractivity contribution in [2.75, 3.05) is 25.6 Å². The molecule has 1 aromatic carbocycles. The number of esters is 1. The molecule has 0 aliphatic carbocycles. The lowest BCUT2D eigenvalue weighted by molar-refractivity contribution is 0.0601. The second-order valence-electron chi connectivity index (χ2n) is 3.98. The molecule has 0 radical (unpaired) electrons. The Balaban J connectivity index is 1.87. The maximum Gasteiger partial charge on any atom is 0.341 e. The van der Waals surface area contributed by atoms with E-state index in [-0.39, 0.29) is 0 Å². The van der Waals surface area contributed by atoms with Crippen LogP contribution in [0, 0.1) is 0 Å². The highest BCUT2D eigenvalue weighted by atomic mass is 16.5. The number of hydrogen-bond acceptors (Lipinski definition) is 5. The number of methoxy groups -OCH3 is 1. The molecule has 2 rings (SSSR count). The number of carbonyl (C=O) groups excluding carboxylic acids is 1. The van der Waals surface area contributed by atoms with Gasteiger partial charge in [-0.1, -0.05) is 18.2 Å². The van der Waals surface area contributed by atoms with Crippen LogP contribution in [0.15, 0.2) is 48.7 Å². The fraction of sp³-hybridized carbons (Fsp3) is 0.200. The van der Waals surface area contributed by atoms with Crippen LogP contribution in [-0.4, -0.2) is 31.2 Å². The van der Waals surface area contributed by atoms with Crippen molar-refractivity contribution < 1.29 is 14.3 Å². The van der Waals surface area contributed by atoms with Crippen LogP contribution >= 0.6 is 0 Å². The molecule has 0 spiro atoms. The second-order valence-corrected chi connectivity index (χ2v) is 3.98. The van der Waals surface area contributed by atoms with E-state index >= 15 is 0 Å². The number of hydrogen-bond donors (Lipinski definition) is 1. The number of rotatable bonds is 6. The molecule has 0 atom stereocenters. The van der Waals surface area contributed by atoms with Crippen LogP contribution in [0.1, 0.15) is 10.4 Å². The number of pyridine rings is 1. The van der Waals surface area contributed by atoms with Crippen molar-refractivity contribution >= 4 is 11.8 Å². The average Bonchev–Trinajstić information content (AvgIpc) is 2.52. The van der Waals surface area contributed by atoms with Gasteiger partial charge in [0.2, 0.25) is 0 Å². The molecule has 0 saturated carbocycles. The maximum absolute atomic E-state index is 11.6. The summed E-state index contributed by atoms with van der Waals surface area (Å²) in [5.74, 6) is 0.893. The molecule has 0 aliphatic rings. The van der Waals surface area contributed by atoms with E-state index in [0.29, 0.717) is 24.5 Å². The highest BCUT2D eigenvalue weighted by Gasteiger charge is 2.11. The summed E-state index contributed by atoms with van der Waals surface area (Å²) in [6.07, 6.45) is 1.62. The first-order chi connectivity index (χ1) is 9.81. The van der Waals surface area contributed by atoms with Gasteiger partial charge in [-0.25, -0.2) is 9.78 Å². The number of benzene rings is 1.